The molecule has 2 heterocycles. The number of rotatable bonds is 2. The van der Waals surface area contributed by atoms with Crippen molar-refractivity contribution in [2.75, 3.05) is 0 Å². The molecular formula is C23H35NO. The van der Waals surface area contributed by atoms with Crippen molar-refractivity contribution in [3.05, 3.63) is 35.2 Å². The zero-order chi connectivity index (χ0) is 18.5. The number of allylic oxidation sites excluding steroid dienone is 2. The third-order valence-corrected chi connectivity index (χ3v) is 5.84. The molecule has 3 rings (SSSR count). The van der Waals surface area contributed by atoms with Gasteiger partial charge in [-0.15, -0.1) is 0 Å². The minimum atomic E-state index is -0.0900. The van der Waals surface area contributed by atoms with Crippen LogP contribution in [0.25, 0.3) is 5.57 Å². The molecule has 25 heavy (non-hydrogen) atoms. The van der Waals surface area contributed by atoms with E-state index in [1.165, 1.54) is 28.9 Å². The van der Waals surface area contributed by atoms with E-state index in [1.54, 1.807) is 0 Å². The lowest BCUT2D eigenvalue weighted by molar-refractivity contribution is -0.162. The van der Waals surface area contributed by atoms with Gasteiger partial charge in [0.05, 0.1) is 16.9 Å². The quantitative estimate of drug-likeness (QED) is 0.618. The molecule has 0 amide bonds. The lowest BCUT2D eigenvalue weighted by Gasteiger charge is -2.45. The number of hydrogen-bond acceptors (Lipinski definition) is 2. The Labute approximate surface area is 154 Å². The van der Waals surface area contributed by atoms with Crippen molar-refractivity contribution in [3.8, 4) is 0 Å². The van der Waals surface area contributed by atoms with Gasteiger partial charge >= 0.3 is 0 Å². The molecule has 1 fully saturated rings. The maximum atomic E-state index is 6.27. The van der Waals surface area contributed by atoms with Crippen LogP contribution in [0.3, 0.4) is 0 Å². The number of pyridine rings is 1. The predicted molar refractivity (Wildman–Crippen MR) is 106 cm³/mol. The molecule has 2 heteroatoms. The van der Waals surface area contributed by atoms with Crippen LogP contribution in [0.15, 0.2) is 18.2 Å². The molecule has 138 valence electrons. The maximum Gasteiger partial charge on any atom is 0.0691 e. The van der Waals surface area contributed by atoms with E-state index in [2.05, 4.69) is 66.7 Å². The van der Waals surface area contributed by atoms with Crippen LogP contribution in [0.4, 0.5) is 0 Å². The minimum Gasteiger partial charge on any atom is -0.370 e. The Balaban J connectivity index is 1.91. The molecule has 1 aliphatic carbocycles. The summed E-state index contributed by atoms with van der Waals surface area (Å²) < 4.78 is 6.27. The topological polar surface area (TPSA) is 22.1 Å². The molecule has 0 N–H and O–H groups in total. The summed E-state index contributed by atoms with van der Waals surface area (Å²) in [5.74, 6) is 0.471. The van der Waals surface area contributed by atoms with Gasteiger partial charge in [0.1, 0.15) is 0 Å². The molecule has 0 saturated carbocycles. The van der Waals surface area contributed by atoms with Crippen molar-refractivity contribution in [3.63, 3.8) is 0 Å². The highest BCUT2D eigenvalue weighted by Crippen LogP contribution is 2.44. The van der Waals surface area contributed by atoms with Crippen LogP contribution in [-0.4, -0.2) is 16.2 Å². The van der Waals surface area contributed by atoms with Crippen molar-refractivity contribution in [2.45, 2.75) is 97.7 Å². The molecule has 0 aromatic carbocycles. The third-order valence-electron chi connectivity index (χ3n) is 5.84. The van der Waals surface area contributed by atoms with E-state index in [-0.39, 0.29) is 11.2 Å². The summed E-state index contributed by atoms with van der Waals surface area (Å²) >= 11 is 0. The van der Waals surface area contributed by atoms with Gasteiger partial charge in [-0.05, 0) is 89.3 Å². The first-order chi connectivity index (χ1) is 11.5. The van der Waals surface area contributed by atoms with Crippen LogP contribution in [0.2, 0.25) is 0 Å². The molecule has 0 spiro atoms. The Bertz CT molecular complexity index is 665. The molecule has 0 atom stereocenters. The van der Waals surface area contributed by atoms with Gasteiger partial charge in [-0.25, -0.2) is 0 Å². The zero-order valence-electron chi connectivity index (χ0n) is 17.2. The smallest absolute Gasteiger partial charge is 0.0691 e. The summed E-state index contributed by atoms with van der Waals surface area (Å²) in [4.78, 5) is 5.17. The molecule has 1 saturated heterocycles. The van der Waals surface area contributed by atoms with Crippen LogP contribution in [0.5, 0.6) is 0 Å². The fourth-order valence-corrected chi connectivity index (χ4v) is 4.69. The lowest BCUT2D eigenvalue weighted by atomic mass is 9.77. The third kappa shape index (κ3) is 4.34. The SMILES string of the molecule is Cc1ccc(C2CC(C)(C)OC(C)(C)C2)nc1C1=CCC(C)(C)CC1. The highest BCUT2D eigenvalue weighted by molar-refractivity contribution is 5.66. The minimum absolute atomic E-state index is 0.0900. The molecule has 0 unspecified atom stereocenters. The van der Waals surface area contributed by atoms with E-state index in [0.29, 0.717) is 11.3 Å². The maximum absolute atomic E-state index is 6.27. The largest absolute Gasteiger partial charge is 0.370 e. The Morgan fingerprint density at radius 3 is 2.20 bits per heavy atom. The zero-order valence-corrected chi connectivity index (χ0v) is 17.2. The second-order valence-corrected chi connectivity index (χ2v) is 10.2. The normalized spacial score (nSPS) is 25.5. The van der Waals surface area contributed by atoms with E-state index in [4.69, 9.17) is 9.72 Å². The van der Waals surface area contributed by atoms with Gasteiger partial charge in [0.2, 0.25) is 0 Å². The van der Waals surface area contributed by atoms with E-state index in [9.17, 15) is 0 Å². The number of hydrogen-bond donors (Lipinski definition) is 0. The van der Waals surface area contributed by atoms with Crippen molar-refractivity contribution in [1.82, 2.24) is 4.98 Å². The summed E-state index contributed by atoms with van der Waals surface area (Å²) in [6.45, 7) is 15.8. The van der Waals surface area contributed by atoms with Gasteiger partial charge < -0.3 is 4.74 Å². The van der Waals surface area contributed by atoms with E-state index < -0.39 is 0 Å². The molecule has 0 radical (unpaired) electrons. The monoisotopic (exact) mass is 341 g/mol. The van der Waals surface area contributed by atoms with E-state index >= 15 is 0 Å². The van der Waals surface area contributed by atoms with Crippen LogP contribution in [0, 0.1) is 12.3 Å². The number of aromatic nitrogens is 1. The highest BCUT2D eigenvalue weighted by atomic mass is 16.5. The first-order valence-electron chi connectivity index (χ1n) is 9.84. The average Bonchev–Trinajstić information content (AvgIpc) is 2.45. The van der Waals surface area contributed by atoms with Gasteiger partial charge in [0.25, 0.3) is 0 Å². The van der Waals surface area contributed by atoms with Crippen LogP contribution < -0.4 is 0 Å². The number of ether oxygens (including phenoxy) is 1. The fraction of sp³-hybridized carbons (Fsp3) is 0.696. The first kappa shape index (κ1) is 18.6. The van der Waals surface area contributed by atoms with Gasteiger partial charge in [-0.2, -0.15) is 0 Å². The van der Waals surface area contributed by atoms with E-state index in [0.717, 1.165) is 25.7 Å². The Hall–Kier alpha value is -1.15. The Kier molecular flexibility index (Phi) is 4.64. The molecule has 1 aliphatic heterocycles. The summed E-state index contributed by atoms with van der Waals surface area (Å²) in [6, 6.07) is 4.52. The molecule has 0 bridgehead atoms. The van der Waals surface area contributed by atoms with Crippen molar-refractivity contribution in [2.24, 2.45) is 5.41 Å². The molecular weight excluding hydrogens is 306 g/mol. The standard InChI is InChI=1S/C23H35NO/c1-16-8-9-19(18-14-22(4,5)25-23(6,7)15-18)24-20(16)17-10-12-21(2,3)13-11-17/h8-10,18H,11-15H2,1-7H3. The predicted octanol–water partition coefficient (Wildman–Crippen LogP) is 6.43. The van der Waals surface area contributed by atoms with Gasteiger partial charge in [-0.1, -0.05) is 26.0 Å². The Morgan fingerprint density at radius 1 is 1.00 bits per heavy atom. The summed E-state index contributed by atoms with van der Waals surface area (Å²) in [6.07, 6.45) is 8.07. The first-order valence-corrected chi connectivity index (χ1v) is 9.84. The van der Waals surface area contributed by atoms with Crippen LogP contribution in [-0.2, 0) is 4.74 Å². The summed E-state index contributed by atoms with van der Waals surface area (Å²) in [5, 5.41) is 0. The molecule has 1 aromatic rings. The number of aryl methyl sites for hydroxylation is 1. The number of nitrogens with zero attached hydrogens (tertiary/aromatic N) is 1. The summed E-state index contributed by atoms with van der Waals surface area (Å²) in [7, 11) is 0. The van der Waals surface area contributed by atoms with Crippen molar-refractivity contribution < 1.29 is 4.74 Å². The fourth-order valence-electron chi connectivity index (χ4n) is 4.69. The average molecular weight is 342 g/mol. The highest BCUT2D eigenvalue weighted by Gasteiger charge is 2.40. The lowest BCUT2D eigenvalue weighted by Crippen LogP contribution is -2.44. The van der Waals surface area contributed by atoms with E-state index in [1.807, 2.05) is 0 Å². The molecule has 2 nitrogen and oxygen atoms in total. The van der Waals surface area contributed by atoms with Gasteiger partial charge in [-0.3, -0.25) is 4.98 Å². The second kappa shape index (κ2) is 6.23. The summed E-state index contributed by atoms with van der Waals surface area (Å²) in [5.41, 5.74) is 5.49. The van der Waals surface area contributed by atoms with Crippen LogP contribution in [0.1, 0.15) is 96.5 Å². The van der Waals surface area contributed by atoms with Crippen molar-refractivity contribution >= 4 is 5.57 Å². The second-order valence-electron chi connectivity index (χ2n) is 10.2. The van der Waals surface area contributed by atoms with Crippen LogP contribution >= 0.6 is 0 Å². The van der Waals surface area contributed by atoms with Gasteiger partial charge in [0.15, 0.2) is 0 Å². The molecule has 1 aromatic heterocycles. The Morgan fingerprint density at radius 2 is 1.64 bits per heavy atom. The van der Waals surface area contributed by atoms with Crippen molar-refractivity contribution in [1.29, 1.82) is 0 Å². The molecule has 2 aliphatic rings. The van der Waals surface area contributed by atoms with Gasteiger partial charge in [0, 0.05) is 11.6 Å².